The van der Waals surface area contributed by atoms with Crippen LogP contribution in [0.4, 0.5) is 11.4 Å². The van der Waals surface area contributed by atoms with Crippen molar-refractivity contribution in [3.05, 3.63) is 113 Å². The normalized spacial score (nSPS) is 12.3. The average molecular weight is 472 g/mol. The first kappa shape index (κ1) is 21.2. The van der Waals surface area contributed by atoms with Gasteiger partial charge >= 0.3 is 0 Å². The van der Waals surface area contributed by atoms with E-state index in [1.165, 1.54) is 0 Å². The predicted molar refractivity (Wildman–Crippen MR) is 131 cm³/mol. The lowest BCUT2D eigenvalue weighted by molar-refractivity contribution is 0.0983. The number of halogens is 1. The Morgan fingerprint density at radius 3 is 2.48 bits per heavy atom. The number of amides is 2. The van der Waals surface area contributed by atoms with E-state index < -0.39 is 0 Å². The van der Waals surface area contributed by atoms with Crippen LogP contribution >= 0.6 is 23.4 Å². The van der Waals surface area contributed by atoms with Crippen molar-refractivity contribution in [1.29, 1.82) is 0 Å². The molecule has 2 amide bonds. The maximum absolute atomic E-state index is 13.5. The number of carbonyl (C=O) groups is 2. The lowest BCUT2D eigenvalue weighted by atomic mass is 10.1. The quantitative estimate of drug-likeness (QED) is 0.381. The van der Waals surface area contributed by atoms with E-state index in [1.54, 1.807) is 71.4 Å². The standard InChI is InChI=1S/C26H18ClN3O2S/c27-21-8-3-2-7-20(21)24(31)29-19-13-11-17(12-14-19)26(32)30-16-18-6-1-4-10-23(18)33-25-22(30)9-5-15-28-25/h1-15H,16H2,(H,29,31). The Kier molecular flexibility index (Phi) is 5.86. The van der Waals surface area contributed by atoms with Gasteiger partial charge < -0.3 is 10.2 Å². The van der Waals surface area contributed by atoms with Gasteiger partial charge in [0.05, 0.1) is 22.8 Å². The summed E-state index contributed by atoms with van der Waals surface area (Å²) in [4.78, 5) is 33.4. The average Bonchev–Trinajstić information content (AvgIpc) is 3.01. The molecule has 2 heterocycles. The van der Waals surface area contributed by atoms with E-state index in [-0.39, 0.29) is 11.8 Å². The molecule has 5 nitrogen and oxygen atoms in total. The Labute approximate surface area is 200 Å². The monoisotopic (exact) mass is 471 g/mol. The molecule has 4 aromatic rings. The molecule has 1 aromatic heterocycles. The Hall–Kier alpha value is -3.61. The summed E-state index contributed by atoms with van der Waals surface area (Å²) in [6.45, 7) is 0.450. The molecule has 0 unspecified atom stereocenters. The number of nitrogens with zero attached hydrogens (tertiary/aromatic N) is 2. The first-order valence-electron chi connectivity index (χ1n) is 10.3. The highest BCUT2D eigenvalue weighted by Crippen LogP contribution is 2.40. The van der Waals surface area contributed by atoms with Crippen LogP contribution in [0, 0.1) is 0 Å². The highest BCUT2D eigenvalue weighted by atomic mass is 35.5. The number of benzene rings is 3. The number of rotatable bonds is 3. The molecule has 0 bridgehead atoms. The number of pyridine rings is 1. The summed E-state index contributed by atoms with van der Waals surface area (Å²) in [5, 5.41) is 4.00. The van der Waals surface area contributed by atoms with Crippen LogP contribution in [0.2, 0.25) is 5.02 Å². The van der Waals surface area contributed by atoms with Crippen LogP contribution < -0.4 is 10.2 Å². The van der Waals surface area contributed by atoms with Crippen LogP contribution in [-0.2, 0) is 6.54 Å². The third kappa shape index (κ3) is 4.35. The van der Waals surface area contributed by atoms with E-state index in [9.17, 15) is 9.59 Å². The second-order valence-corrected chi connectivity index (χ2v) is 8.88. The smallest absolute Gasteiger partial charge is 0.258 e. The number of hydrogen-bond acceptors (Lipinski definition) is 4. The molecule has 0 saturated carbocycles. The molecule has 162 valence electrons. The second kappa shape index (κ2) is 9.10. The Morgan fingerprint density at radius 1 is 0.909 bits per heavy atom. The highest BCUT2D eigenvalue weighted by molar-refractivity contribution is 7.99. The molecule has 0 radical (unpaired) electrons. The molecule has 1 aliphatic heterocycles. The number of anilines is 2. The van der Waals surface area contributed by atoms with Crippen molar-refractivity contribution < 1.29 is 9.59 Å². The van der Waals surface area contributed by atoms with Gasteiger partial charge in [-0.15, -0.1) is 0 Å². The number of nitrogens with one attached hydrogen (secondary N) is 1. The van der Waals surface area contributed by atoms with Gasteiger partial charge in [-0.3, -0.25) is 9.59 Å². The fraction of sp³-hybridized carbons (Fsp3) is 0.0385. The zero-order chi connectivity index (χ0) is 22.8. The minimum atomic E-state index is -0.305. The molecule has 3 aromatic carbocycles. The van der Waals surface area contributed by atoms with Crippen molar-refractivity contribution in [2.24, 2.45) is 0 Å². The van der Waals surface area contributed by atoms with Gasteiger partial charge in [0.15, 0.2) is 0 Å². The molecule has 0 atom stereocenters. The zero-order valence-electron chi connectivity index (χ0n) is 17.4. The Balaban J connectivity index is 1.40. The van der Waals surface area contributed by atoms with Crippen molar-refractivity contribution in [1.82, 2.24) is 4.98 Å². The van der Waals surface area contributed by atoms with Gasteiger partial charge in [-0.05, 0) is 60.2 Å². The number of carbonyl (C=O) groups excluding carboxylic acids is 2. The maximum Gasteiger partial charge on any atom is 0.258 e. The summed E-state index contributed by atoms with van der Waals surface area (Å²) in [5.74, 6) is -0.439. The first-order chi connectivity index (χ1) is 16.1. The van der Waals surface area contributed by atoms with Gasteiger partial charge in [0, 0.05) is 22.3 Å². The topological polar surface area (TPSA) is 62.3 Å². The van der Waals surface area contributed by atoms with Crippen LogP contribution in [0.5, 0.6) is 0 Å². The number of aromatic nitrogens is 1. The number of hydrogen-bond donors (Lipinski definition) is 1. The third-order valence-corrected chi connectivity index (χ3v) is 6.76. The largest absolute Gasteiger partial charge is 0.322 e. The highest BCUT2D eigenvalue weighted by Gasteiger charge is 2.26. The van der Waals surface area contributed by atoms with Crippen LogP contribution in [0.25, 0.3) is 0 Å². The Bertz CT molecular complexity index is 1360. The van der Waals surface area contributed by atoms with Gasteiger partial charge in [0.1, 0.15) is 5.03 Å². The first-order valence-corrected chi connectivity index (χ1v) is 11.5. The molecule has 33 heavy (non-hydrogen) atoms. The molecule has 7 heteroatoms. The third-order valence-electron chi connectivity index (χ3n) is 5.30. The van der Waals surface area contributed by atoms with Gasteiger partial charge in [0.25, 0.3) is 11.8 Å². The number of fused-ring (bicyclic) bond motifs is 2. The SMILES string of the molecule is O=C(Nc1ccc(C(=O)N2Cc3ccccc3Sc3ncccc32)cc1)c1ccccc1Cl. The molecule has 0 saturated heterocycles. The van der Waals surface area contributed by atoms with Gasteiger partial charge in [-0.1, -0.05) is 53.7 Å². The zero-order valence-corrected chi connectivity index (χ0v) is 18.9. The van der Waals surface area contributed by atoms with Gasteiger partial charge in [-0.25, -0.2) is 4.98 Å². The van der Waals surface area contributed by atoms with Gasteiger partial charge in [0.2, 0.25) is 0 Å². The van der Waals surface area contributed by atoms with E-state index in [4.69, 9.17) is 11.6 Å². The fourth-order valence-electron chi connectivity index (χ4n) is 3.64. The minimum Gasteiger partial charge on any atom is -0.322 e. The lowest BCUT2D eigenvalue weighted by Gasteiger charge is -2.22. The Morgan fingerprint density at radius 2 is 1.67 bits per heavy atom. The molecule has 0 aliphatic carbocycles. The van der Waals surface area contributed by atoms with Crippen LogP contribution in [0.1, 0.15) is 26.3 Å². The van der Waals surface area contributed by atoms with Crippen LogP contribution in [0.3, 0.4) is 0 Å². The molecule has 1 N–H and O–H groups in total. The van der Waals surface area contributed by atoms with Crippen molar-refractivity contribution in [3.63, 3.8) is 0 Å². The maximum atomic E-state index is 13.5. The van der Waals surface area contributed by atoms with E-state index in [1.807, 2.05) is 36.4 Å². The van der Waals surface area contributed by atoms with E-state index in [0.29, 0.717) is 28.4 Å². The molecular weight excluding hydrogens is 454 g/mol. The van der Waals surface area contributed by atoms with E-state index in [0.717, 1.165) is 21.2 Å². The molecule has 0 fully saturated rings. The fourth-order valence-corrected chi connectivity index (χ4v) is 4.87. The summed E-state index contributed by atoms with van der Waals surface area (Å²) < 4.78 is 0. The van der Waals surface area contributed by atoms with Crippen LogP contribution in [-0.4, -0.2) is 16.8 Å². The molecule has 1 aliphatic rings. The second-order valence-electron chi connectivity index (χ2n) is 7.44. The molecule has 0 spiro atoms. The van der Waals surface area contributed by atoms with Crippen molar-refractivity contribution in [2.75, 3.05) is 10.2 Å². The van der Waals surface area contributed by atoms with E-state index in [2.05, 4.69) is 10.3 Å². The van der Waals surface area contributed by atoms with Crippen molar-refractivity contribution >= 4 is 46.6 Å². The summed E-state index contributed by atoms with van der Waals surface area (Å²) in [6.07, 6.45) is 1.74. The van der Waals surface area contributed by atoms with Gasteiger partial charge in [-0.2, -0.15) is 0 Å². The predicted octanol–water partition coefficient (Wildman–Crippen LogP) is 6.30. The molecular formula is C26H18ClN3O2S. The minimum absolute atomic E-state index is 0.134. The summed E-state index contributed by atoms with van der Waals surface area (Å²) in [5.41, 5.74) is 3.33. The lowest BCUT2D eigenvalue weighted by Crippen LogP contribution is -2.30. The summed E-state index contributed by atoms with van der Waals surface area (Å²) in [7, 11) is 0. The summed E-state index contributed by atoms with van der Waals surface area (Å²) in [6, 6.07) is 25.5. The molecule has 5 rings (SSSR count). The van der Waals surface area contributed by atoms with Crippen molar-refractivity contribution in [3.8, 4) is 0 Å². The van der Waals surface area contributed by atoms with Crippen molar-refractivity contribution in [2.45, 2.75) is 16.5 Å². The van der Waals surface area contributed by atoms with E-state index >= 15 is 0 Å². The summed E-state index contributed by atoms with van der Waals surface area (Å²) >= 11 is 7.68. The van der Waals surface area contributed by atoms with Crippen LogP contribution in [0.15, 0.2) is 101 Å².